The van der Waals surface area contributed by atoms with Crippen molar-refractivity contribution in [1.29, 1.82) is 0 Å². The SMILES string of the molecule is CCc1nc(-c2ncc(C)cc2C)sc1CNC(C)C. The van der Waals surface area contributed by atoms with Gasteiger partial charge in [0.2, 0.25) is 0 Å². The van der Waals surface area contributed by atoms with Gasteiger partial charge in [0.1, 0.15) is 10.7 Å². The van der Waals surface area contributed by atoms with Crippen molar-refractivity contribution in [3.05, 3.63) is 34.0 Å². The first-order chi connectivity index (χ1) is 9.51. The van der Waals surface area contributed by atoms with E-state index in [1.54, 1.807) is 11.3 Å². The summed E-state index contributed by atoms with van der Waals surface area (Å²) in [7, 11) is 0. The Labute approximate surface area is 125 Å². The molecule has 1 N–H and O–H groups in total. The molecule has 0 aliphatic rings. The van der Waals surface area contributed by atoms with Gasteiger partial charge in [-0.15, -0.1) is 11.3 Å². The molecule has 2 aromatic rings. The predicted octanol–water partition coefficient (Wildman–Crippen LogP) is 3.88. The lowest BCUT2D eigenvalue weighted by atomic mass is 10.2. The molecule has 2 heterocycles. The van der Waals surface area contributed by atoms with Gasteiger partial charge in [-0.05, 0) is 31.4 Å². The van der Waals surface area contributed by atoms with Crippen molar-refractivity contribution in [2.75, 3.05) is 0 Å². The molecule has 3 nitrogen and oxygen atoms in total. The zero-order valence-electron chi connectivity index (χ0n) is 12.9. The van der Waals surface area contributed by atoms with E-state index >= 15 is 0 Å². The summed E-state index contributed by atoms with van der Waals surface area (Å²) in [6.45, 7) is 11.6. The molecule has 108 valence electrons. The van der Waals surface area contributed by atoms with Crippen molar-refractivity contribution in [2.45, 2.75) is 53.6 Å². The van der Waals surface area contributed by atoms with E-state index in [2.05, 4.69) is 51.0 Å². The Bertz CT molecular complexity index is 587. The number of nitrogens with zero attached hydrogens (tertiary/aromatic N) is 2. The molecule has 0 radical (unpaired) electrons. The number of pyridine rings is 1. The molecule has 0 saturated carbocycles. The lowest BCUT2D eigenvalue weighted by Gasteiger charge is -2.06. The van der Waals surface area contributed by atoms with E-state index < -0.39 is 0 Å². The molecule has 2 aromatic heterocycles. The highest BCUT2D eigenvalue weighted by Crippen LogP contribution is 2.29. The van der Waals surface area contributed by atoms with Gasteiger partial charge in [0, 0.05) is 23.7 Å². The van der Waals surface area contributed by atoms with Crippen LogP contribution in [-0.2, 0) is 13.0 Å². The van der Waals surface area contributed by atoms with Crippen LogP contribution in [-0.4, -0.2) is 16.0 Å². The molecule has 0 aliphatic carbocycles. The summed E-state index contributed by atoms with van der Waals surface area (Å²) in [6.07, 6.45) is 2.89. The molecule has 0 fully saturated rings. The summed E-state index contributed by atoms with van der Waals surface area (Å²) >= 11 is 1.76. The lowest BCUT2D eigenvalue weighted by Crippen LogP contribution is -2.21. The van der Waals surface area contributed by atoms with Gasteiger partial charge < -0.3 is 5.32 Å². The highest BCUT2D eigenvalue weighted by Gasteiger charge is 2.14. The zero-order valence-corrected chi connectivity index (χ0v) is 13.8. The maximum Gasteiger partial charge on any atom is 0.142 e. The van der Waals surface area contributed by atoms with E-state index in [0.717, 1.165) is 23.7 Å². The van der Waals surface area contributed by atoms with Crippen LogP contribution in [0.1, 0.15) is 42.5 Å². The Morgan fingerprint density at radius 1 is 1.30 bits per heavy atom. The van der Waals surface area contributed by atoms with Crippen molar-refractivity contribution in [2.24, 2.45) is 0 Å². The highest BCUT2D eigenvalue weighted by atomic mass is 32.1. The number of hydrogen-bond acceptors (Lipinski definition) is 4. The molecule has 0 bridgehead atoms. The molecule has 0 atom stereocenters. The van der Waals surface area contributed by atoms with Crippen molar-refractivity contribution < 1.29 is 0 Å². The fraction of sp³-hybridized carbons (Fsp3) is 0.500. The Kier molecular flexibility index (Phi) is 4.89. The summed E-state index contributed by atoms with van der Waals surface area (Å²) in [6, 6.07) is 2.66. The van der Waals surface area contributed by atoms with Gasteiger partial charge in [0.15, 0.2) is 0 Å². The molecule has 0 amide bonds. The minimum Gasteiger partial charge on any atom is -0.310 e. The maximum atomic E-state index is 4.78. The zero-order chi connectivity index (χ0) is 14.7. The van der Waals surface area contributed by atoms with Gasteiger partial charge >= 0.3 is 0 Å². The Balaban J connectivity index is 2.33. The molecule has 0 aliphatic heterocycles. The fourth-order valence-corrected chi connectivity index (χ4v) is 3.30. The molecular formula is C16H23N3S. The minimum absolute atomic E-state index is 0.490. The number of aryl methyl sites for hydroxylation is 3. The van der Waals surface area contributed by atoms with Crippen molar-refractivity contribution in [3.63, 3.8) is 0 Å². The fourth-order valence-electron chi connectivity index (χ4n) is 2.14. The molecular weight excluding hydrogens is 266 g/mol. The van der Waals surface area contributed by atoms with Gasteiger partial charge in [-0.1, -0.05) is 26.8 Å². The van der Waals surface area contributed by atoms with Gasteiger partial charge in [0.05, 0.1) is 5.69 Å². The van der Waals surface area contributed by atoms with E-state index in [1.165, 1.54) is 21.7 Å². The highest BCUT2D eigenvalue weighted by molar-refractivity contribution is 7.15. The summed E-state index contributed by atoms with van der Waals surface area (Å²) < 4.78 is 0. The van der Waals surface area contributed by atoms with Crippen LogP contribution in [0.4, 0.5) is 0 Å². The lowest BCUT2D eigenvalue weighted by molar-refractivity contribution is 0.590. The normalized spacial score (nSPS) is 11.3. The largest absolute Gasteiger partial charge is 0.310 e. The van der Waals surface area contributed by atoms with E-state index in [9.17, 15) is 0 Å². The number of aromatic nitrogens is 2. The third-order valence-corrected chi connectivity index (χ3v) is 4.31. The number of nitrogens with one attached hydrogen (secondary N) is 1. The molecule has 0 unspecified atom stereocenters. The Hall–Kier alpha value is -1.26. The van der Waals surface area contributed by atoms with Gasteiger partial charge in [-0.3, -0.25) is 4.98 Å². The maximum absolute atomic E-state index is 4.78. The van der Waals surface area contributed by atoms with Gasteiger partial charge in [-0.25, -0.2) is 4.98 Å². The first-order valence-electron chi connectivity index (χ1n) is 7.16. The van der Waals surface area contributed by atoms with Crippen molar-refractivity contribution >= 4 is 11.3 Å². The van der Waals surface area contributed by atoms with E-state index in [1.807, 2.05) is 6.20 Å². The Morgan fingerprint density at radius 2 is 2.05 bits per heavy atom. The van der Waals surface area contributed by atoms with Crippen LogP contribution in [0.3, 0.4) is 0 Å². The molecule has 4 heteroatoms. The van der Waals surface area contributed by atoms with Crippen molar-refractivity contribution in [1.82, 2.24) is 15.3 Å². The average Bonchev–Trinajstić information content (AvgIpc) is 2.79. The Morgan fingerprint density at radius 3 is 2.65 bits per heavy atom. The van der Waals surface area contributed by atoms with Crippen LogP contribution in [0, 0.1) is 13.8 Å². The molecule has 2 rings (SSSR count). The smallest absolute Gasteiger partial charge is 0.142 e. The summed E-state index contributed by atoms with van der Waals surface area (Å²) in [5, 5.41) is 4.52. The third-order valence-electron chi connectivity index (χ3n) is 3.20. The van der Waals surface area contributed by atoms with Crippen LogP contribution >= 0.6 is 11.3 Å². The van der Waals surface area contributed by atoms with E-state index in [0.29, 0.717) is 6.04 Å². The minimum atomic E-state index is 0.490. The summed E-state index contributed by atoms with van der Waals surface area (Å²) in [4.78, 5) is 10.7. The summed E-state index contributed by atoms with van der Waals surface area (Å²) in [5.41, 5.74) is 4.61. The quantitative estimate of drug-likeness (QED) is 0.907. The van der Waals surface area contributed by atoms with Crippen LogP contribution in [0.5, 0.6) is 0 Å². The summed E-state index contributed by atoms with van der Waals surface area (Å²) in [5.74, 6) is 0. The van der Waals surface area contributed by atoms with Crippen LogP contribution in [0.15, 0.2) is 12.3 Å². The second-order valence-electron chi connectivity index (χ2n) is 5.46. The predicted molar refractivity (Wildman–Crippen MR) is 86.2 cm³/mol. The van der Waals surface area contributed by atoms with Gasteiger partial charge in [0.25, 0.3) is 0 Å². The number of thiazole rings is 1. The molecule has 0 spiro atoms. The molecule has 20 heavy (non-hydrogen) atoms. The van der Waals surface area contributed by atoms with Crippen LogP contribution in [0.2, 0.25) is 0 Å². The van der Waals surface area contributed by atoms with E-state index in [4.69, 9.17) is 4.98 Å². The second-order valence-corrected chi connectivity index (χ2v) is 6.54. The third kappa shape index (κ3) is 3.44. The van der Waals surface area contributed by atoms with Gasteiger partial charge in [-0.2, -0.15) is 0 Å². The second kappa shape index (κ2) is 6.46. The van der Waals surface area contributed by atoms with Crippen LogP contribution in [0.25, 0.3) is 10.7 Å². The number of rotatable bonds is 5. The van der Waals surface area contributed by atoms with Crippen molar-refractivity contribution in [3.8, 4) is 10.7 Å². The monoisotopic (exact) mass is 289 g/mol. The van der Waals surface area contributed by atoms with Crippen LogP contribution < -0.4 is 5.32 Å². The average molecular weight is 289 g/mol. The standard InChI is InChI=1S/C16H23N3S/c1-6-13-14(9-17-10(2)3)20-16(19-13)15-12(5)7-11(4)8-18-15/h7-8,10,17H,6,9H2,1-5H3. The first-order valence-corrected chi connectivity index (χ1v) is 7.98. The molecule has 0 saturated heterocycles. The van der Waals surface area contributed by atoms with E-state index in [-0.39, 0.29) is 0 Å². The first kappa shape index (κ1) is 15.1. The topological polar surface area (TPSA) is 37.8 Å². The molecule has 0 aromatic carbocycles. The number of hydrogen-bond donors (Lipinski definition) is 1.